The van der Waals surface area contributed by atoms with Crippen molar-refractivity contribution in [2.75, 3.05) is 7.11 Å². The van der Waals surface area contributed by atoms with Crippen LogP contribution in [0.5, 0.6) is 11.5 Å². The van der Waals surface area contributed by atoms with Crippen LogP contribution in [-0.4, -0.2) is 19.2 Å². The topological polar surface area (TPSA) is 59.9 Å². The highest BCUT2D eigenvalue weighted by Gasteiger charge is 2.10. The van der Waals surface area contributed by atoms with Crippen LogP contribution in [0.15, 0.2) is 84.0 Å². The molecule has 0 bridgehead atoms. The average Bonchev–Trinajstić information content (AvgIpc) is 2.73. The first kappa shape index (κ1) is 18.2. The summed E-state index contributed by atoms with van der Waals surface area (Å²) >= 11 is 0. The van der Waals surface area contributed by atoms with Crippen LogP contribution >= 0.6 is 0 Å². The van der Waals surface area contributed by atoms with Gasteiger partial charge in [-0.05, 0) is 29.8 Å². The molecule has 0 radical (unpaired) electrons. The van der Waals surface area contributed by atoms with Crippen molar-refractivity contribution >= 4 is 12.1 Å². The minimum Gasteiger partial charge on any atom is -0.496 e. The number of hydrogen-bond donors (Lipinski definition) is 1. The Bertz CT molecular complexity index is 924. The zero-order chi connectivity index (χ0) is 18.9. The fourth-order valence-electron chi connectivity index (χ4n) is 2.52. The van der Waals surface area contributed by atoms with Crippen LogP contribution in [-0.2, 0) is 6.61 Å². The van der Waals surface area contributed by atoms with Crippen LogP contribution < -0.4 is 14.9 Å². The highest BCUT2D eigenvalue weighted by molar-refractivity contribution is 5.97. The van der Waals surface area contributed by atoms with Crippen molar-refractivity contribution in [2.45, 2.75) is 6.61 Å². The number of nitrogens with one attached hydrogen (secondary N) is 1. The van der Waals surface area contributed by atoms with E-state index < -0.39 is 0 Å². The maximum absolute atomic E-state index is 12.3. The Balaban J connectivity index is 1.66. The minimum absolute atomic E-state index is 0.332. The Morgan fingerprint density at radius 2 is 1.67 bits per heavy atom. The minimum atomic E-state index is -0.332. The van der Waals surface area contributed by atoms with E-state index in [4.69, 9.17) is 9.47 Å². The molecule has 0 heterocycles. The number of carbonyl (C=O) groups is 1. The molecule has 136 valence electrons. The highest BCUT2D eigenvalue weighted by Crippen LogP contribution is 2.17. The van der Waals surface area contributed by atoms with Crippen LogP contribution in [0.2, 0.25) is 0 Å². The molecule has 1 amide bonds. The normalized spacial score (nSPS) is 10.6. The number of ether oxygens (including phenoxy) is 2. The van der Waals surface area contributed by atoms with Crippen LogP contribution in [0.4, 0.5) is 0 Å². The lowest BCUT2D eigenvalue weighted by atomic mass is 10.1. The Morgan fingerprint density at radius 3 is 2.48 bits per heavy atom. The molecule has 0 aliphatic rings. The molecule has 0 aromatic heterocycles. The molecule has 0 saturated carbocycles. The van der Waals surface area contributed by atoms with Crippen LogP contribution in [0.1, 0.15) is 21.5 Å². The molecule has 3 aromatic rings. The van der Waals surface area contributed by atoms with Gasteiger partial charge in [-0.15, -0.1) is 0 Å². The van der Waals surface area contributed by atoms with Crippen molar-refractivity contribution in [3.8, 4) is 11.5 Å². The van der Waals surface area contributed by atoms with Gasteiger partial charge < -0.3 is 9.47 Å². The first-order valence-corrected chi connectivity index (χ1v) is 8.50. The van der Waals surface area contributed by atoms with Crippen molar-refractivity contribution in [1.82, 2.24) is 5.43 Å². The van der Waals surface area contributed by atoms with Gasteiger partial charge in [-0.1, -0.05) is 54.6 Å². The number of hydrogen-bond acceptors (Lipinski definition) is 4. The summed E-state index contributed by atoms with van der Waals surface area (Å²) in [6.45, 7) is 0.409. The first-order valence-electron chi connectivity index (χ1n) is 8.50. The average molecular weight is 360 g/mol. The zero-order valence-corrected chi connectivity index (χ0v) is 15.0. The third-order valence-electron chi connectivity index (χ3n) is 3.91. The molecular weight excluding hydrogens is 340 g/mol. The lowest BCUT2D eigenvalue weighted by molar-refractivity contribution is 0.0952. The third-order valence-corrected chi connectivity index (χ3v) is 3.91. The number of carbonyl (C=O) groups excluding carboxylic acids is 1. The summed E-state index contributed by atoms with van der Waals surface area (Å²) in [6, 6.07) is 24.3. The second-order valence-corrected chi connectivity index (χ2v) is 5.70. The number of nitrogens with zero attached hydrogens (tertiary/aromatic N) is 1. The predicted octanol–water partition coefficient (Wildman–Crippen LogP) is 4.04. The summed E-state index contributed by atoms with van der Waals surface area (Å²) in [5, 5.41) is 4.07. The van der Waals surface area contributed by atoms with Crippen molar-refractivity contribution < 1.29 is 14.3 Å². The lowest BCUT2D eigenvalue weighted by Gasteiger charge is -2.09. The summed E-state index contributed by atoms with van der Waals surface area (Å²) in [5.74, 6) is 0.970. The van der Waals surface area contributed by atoms with E-state index in [9.17, 15) is 4.79 Å². The van der Waals surface area contributed by atoms with Crippen LogP contribution in [0, 0.1) is 0 Å². The predicted molar refractivity (Wildman–Crippen MR) is 105 cm³/mol. The lowest BCUT2D eigenvalue weighted by Crippen LogP contribution is -2.18. The van der Waals surface area contributed by atoms with E-state index >= 15 is 0 Å². The number of benzene rings is 3. The maximum Gasteiger partial charge on any atom is 0.275 e. The van der Waals surface area contributed by atoms with E-state index in [0.29, 0.717) is 17.9 Å². The molecule has 5 nitrogen and oxygen atoms in total. The number of hydrazone groups is 1. The third kappa shape index (κ3) is 4.95. The monoisotopic (exact) mass is 360 g/mol. The van der Waals surface area contributed by atoms with Gasteiger partial charge in [0.1, 0.15) is 18.1 Å². The molecule has 0 atom stereocenters. The van der Waals surface area contributed by atoms with E-state index in [0.717, 1.165) is 16.9 Å². The second-order valence-electron chi connectivity index (χ2n) is 5.70. The van der Waals surface area contributed by atoms with Gasteiger partial charge in [-0.25, -0.2) is 5.43 Å². The summed E-state index contributed by atoms with van der Waals surface area (Å²) < 4.78 is 11.0. The summed E-state index contributed by atoms with van der Waals surface area (Å²) in [6.07, 6.45) is 1.61. The Morgan fingerprint density at radius 1 is 0.963 bits per heavy atom. The van der Waals surface area contributed by atoms with Crippen molar-refractivity contribution in [3.05, 3.63) is 95.6 Å². The largest absolute Gasteiger partial charge is 0.496 e. The molecule has 3 aromatic carbocycles. The fraction of sp³-hybridized carbons (Fsp3) is 0.0909. The molecule has 3 rings (SSSR count). The highest BCUT2D eigenvalue weighted by atomic mass is 16.5. The number of methoxy groups -OCH3 is 1. The Hall–Kier alpha value is -3.60. The van der Waals surface area contributed by atoms with Crippen molar-refractivity contribution in [1.29, 1.82) is 0 Å². The molecule has 27 heavy (non-hydrogen) atoms. The molecule has 0 aliphatic heterocycles. The molecule has 0 unspecified atom stereocenters. The maximum atomic E-state index is 12.3. The van der Waals surface area contributed by atoms with Crippen molar-refractivity contribution in [2.24, 2.45) is 5.10 Å². The molecule has 0 spiro atoms. The van der Waals surface area contributed by atoms with E-state index in [2.05, 4.69) is 10.5 Å². The number of rotatable bonds is 7. The summed E-state index contributed by atoms with van der Waals surface area (Å²) in [7, 11) is 1.53. The summed E-state index contributed by atoms with van der Waals surface area (Å²) in [4.78, 5) is 12.3. The van der Waals surface area contributed by atoms with Gasteiger partial charge >= 0.3 is 0 Å². The Labute approximate surface area is 158 Å². The van der Waals surface area contributed by atoms with Gasteiger partial charge in [0.25, 0.3) is 5.91 Å². The molecule has 5 heteroatoms. The van der Waals surface area contributed by atoms with E-state index in [-0.39, 0.29) is 5.91 Å². The number of para-hydroxylation sites is 2. The zero-order valence-electron chi connectivity index (χ0n) is 15.0. The second kappa shape index (κ2) is 9.20. The summed E-state index contributed by atoms with van der Waals surface area (Å²) in [5.41, 5.74) is 4.80. The Kier molecular flexibility index (Phi) is 6.20. The molecule has 0 aliphatic carbocycles. The van der Waals surface area contributed by atoms with Gasteiger partial charge in [-0.3, -0.25) is 4.79 Å². The quantitative estimate of drug-likeness (QED) is 0.511. The van der Waals surface area contributed by atoms with Crippen molar-refractivity contribution in [3.63, 3.8) is 0 Å². The first-order chi connectivity index (χ1) is 13.3. The SMILES string of the molecule is COc1ccccc1C(=O)N/N=C/c1ccccc1COc1ccccc1. The standard InChI is InChI=1S/C22H20N2O3/c1-26-21-14-8-7-13-20(21)22(25)24-23-15-17-9-5-6-10-18(17)16-27-19-11-3-2-4-12-19/h2-15H,16H2,1H3,(H,24,25)/b23-15+. The van der Waals surface area contributed by atoms with Gasteiger partial charge in [0, 0.05) is 5.56 Å². The van der Waals surface area contributed by atoms with Crippen LogP contribution in [0.3, 0.4) is 0 Å². The van der Waals surface area contributed by atoms with Crippen LogP contribution in [0.25, 0.3) is 0 Å². The van der Waals surface area contributed by atoms with Gasteiger partial charge in [0.2, 0.25) is 0 Å². The smallest absolute Gasteiger partial charge is 0.275 e. The molecule has 0 saturated heterocycles. The molecular formula is C22H20N2O3. The van der Waals surface area contributed by atoms with E-state index in [1.165, 1.54) is 7.11 Å². The van der Waals surface area contributed by atoms with Gasteiger partial charge in [0.15, 0.2) is 0 Å². The number of amides is 1. The van der Waals surface area contributed by atoms with E-state index in [1.54, 1.807) is 24.4 Å². The molecule has 0 fully saturated rings. The fourth-order valence-corrected chi connectivity index (χ4v) is 2.52. The molecule has 1 N–H and O–H groups in total. The van der Waals surface area contributed by atoms with Gasteiger partial charge in [-0.2, -0.15) is 5.10 Å². The van der Waals surface area contributed by atoms with Gasteiger partial charge in [0.05, 0.1) is 18.9 Å². The van der Waals surface area contributed by atoms with E-state index in [1.807, 2.05) is 60.7 Å².